The molecule has 0 atom stereocenters. The molecule has 1 aromatic carbocycles. The van der Waals surface area contributed by atoms with E-state index in [-0.39, 0.29) is 0 Å². The summed E-state index contributed by atoms with van der Waals surface area (Å²) in [5.41, 5.74) is -1.34. The van der Waals surface area contributed by atoms with E-state index in [1.165, 1.54) is 19.0 Å². The van der Waals surface area contributed by atoms with Crippen LogP contribution in [0.4, 0.5) is 8.78 Å². The smallest absolute Gasteiger partial charge is 0.341 e. The third kappa shape index (κ3) is 3.75. The van der Waals surface area contributed by atoms with Crippen LogP contribution >= 0.6 is 0 Å². The van der Waals surface area contributed by atoms with Crippen molar-refractivity contribution in [3.05, 3.63) is 29.3 Å². The van der Waals surface area contributed by atoms with Crippen LogP contribution in [0.3, 0.4) is 0 Å². The maximum absolute atomic E-state index is 13.9. The third-order valence-electron chi connectivity index (χ3n) is 2.69. The highest BCUT2D eigenvalue weighted by Gasteiger charge is 2.27. The van der Waals surface area contributed by atoms with E-state index in [2.05, 4.69) is 0 Å². The van der Waals surface area contributed by atoms with Crippen LogP contribution in [0.1, 0.15) is 16.8 Å². The summed E-state index contributed by atoms with van der Waals surface area (Å²) in [6.45, 7) is 0. The van der Waals surface area contributed by atoms with Gasteiger partial charge in [0.1, 0.15) is 16.3 Å². The van der Waals surface area contributed by atoms with Crippen molar-refractivity contribution in [3.63, 3.8) is 0 Å². The number of carbonyl (C=O) groups is 2. The minimum atomic E-state index is -4.24. The zero-order valence-corrected chi connectivity index (χ0v) is 12.1. The van der Waals surface area contributed by atoms with Crippen LogP contribution in [-0.2, 0) is 14.6 Å². The lowest BCUT2D eigenvalue weighted by Crippen LogP contribution is -2.24. The number of amides is 1. The molecule has 116 valence electrons. The molecule has 0 aliphatic carbocycles. The van der Waals surface area contributed by atoms with Gasteiger partial charge in [-0.3, -0.25) is 4.79 Å². The Morgan fingerprint density at radius 1 is 1.24 bits per heavy atom. The number of carboxylic acid groups (broad SMARTS) is 1. The molecule has 0 heterocycles. The number of carboxylic acids is 1. The molecule has 0 fully saturated rings. The average molecular weight is 321 g/mol. The Morgan fingerprint density at radius 3 is 2.29 bits per heavy atom. The van der Waals surface area contributed by atoms with Crippen molar-refractivity contribution >= 4 is 21.7 Å². The third-order valence-corrected chi connectivity index (χ3v) is 4.42. The number of hydrogen-bond donors (Lipinski definition) is 1. The van der Waals surface area contributed by atoms with Crippen molar-refractivity contribution in [1.29, 1.82) is 0 Å². The van der Waals surface area contributed by atoms with E-state index >= 15 is 0 Å². The summed E-state index contributed by atoms with van der Waals surface area (Å²) in [6.07, 6.45) is -0.394. The first-order valence-corrected chi connectivity index (χ1v) is 7.37. The summed E-state index contributed by atoms with van der Waals surface area (Å²) in [5, 5.41) is 8.69. The highest BCUT2D eigenvalue weighted by Crippen LogP contribution is 2.22. The zero-order valence-electron chi connectivity index (χ0n) is 11.3. The monoisotopic (exact) mass is 321 g/mol. The molecule has 21 heavy (non-hydrogen) atoms. The summed E-state index contributed by atoms with van der Waals surface area (Å²) in [5.74, 6) is -6.14. The van der Waals surface area contributed by atoms with Gasteiger partial charge in [-0.1, -0.05) is 0 Å². The number of nitrogens with zero attached hydrogens (tertiary/aromatic N) is 1. The molecule has 1 aromatic rings. The van der Waals surface area contributed by atoms with Gasteiger partial charge in [0.25, 0.3) is 0 Å². The van der Waals surface area contributed by atoms with Crippen LogP contribution in [0.25, 0.3) is 0 Å². The molecule has 0 saturated heterocycles. The van der Waals surface area contributed by atoms with Gasteiger partial charge in [0, 0.05) is 20.5 Å². The van der Waals surface area contributed by atoms with E-state index < -0.39 is 56.0 Å². The highest BCUT2D eigenvalue weighted by molar-refractivity contribution is 7.91. The van der Waals surface area contributed by atoms with Crippen LogP contribution in [0.15, 0.2) is 17.0 Å². The lowest BCUT2D eigenvalue weighted by molar-refractivity contribution is -0.128. The molecule has 0 saturated carbocycles. The predicted octanol–water partition coefficient (Wildman–Crippen LogP) is 0.915. The van der Waals surface area contributed by atoms with Crippen LogP contribution in [0.5, 0.6) is 0 Å². The van der Waals surface area contributed by atoms with Gasteiger partial charge in [0.05, 0.1) is 5.75 Å². The lowest BCUT2D eigenvalue weighted by Gasteiger charge is -2.11. The fraction of sp³-hybridized carbons (Fsp3) is 0.333. The normalized spacial score (nSPS) is 11.2. The maximum atomic E-state index is 13.9. The molecule has 0 aromatic heterocycles. The summed E-state index contributed by atoms with van der Waals surface area (Å²) >= 11 is 0. The summed E-state index contributed by atoms with van der Waals surface area (Å²) in [4.78, 5) is 22.3. The van der Waals surface area contributed by atoms with Gasteiger partial charge in [-0.05, 0) is 12.1 Å². The number of hydrogen-bond acceptors (Lipinski definition) is 4. The quantitative estimate of drug-likeness (QED) is 0.814. The predicted molar refractivity (Wildman–Crippen MR) is 68.7 cm³/mol. The fourth-order valence-electron chi connectivity index (χ4n) is 1.52. The van der Waals surface area contributed by atoms with Gasteiger partial charge < -0.3 is 10.0 Å². The minimum absolute atomic E-state index is 0.394. The molecule has 6 nitrogen and oxygen atoms in total. The van der Waals surface area contributed by atoms with Crippen LogP contribution in [0.2, 0.25) is 0 Å². The van der Waals surface area contributed by atoms with Crippen molar-refractivity contribution in [2.24, 2.45) is 0 Å². The van der Waals surface area contributed by atoms with Crippen LogP contribution in [0, 0.1) is 11.6 Å². The Hall–Kier alpha value is -2.03. The van der Waals surface area contributed by atoms with Gasteiger partial charge >= 0.3 is 5.97 Å². The summed E-state index contributed by atoms with van der Waals surface area (Å²) < 4.78 is 51.0. The highest BCUT2D eigenvalue weighted by atomic mass is 32.2. The van der Waals surface area contributed by atoms with Crippen molar-refractivity contribution in [2.45, 2.75) is 11.3 Å². The molecule has 0 spiro atoms. The molecule has 1 rings (SSSR count). The van der Waals surface area contributed by atoms with Crippen molar-refractivity contribution in [1.82, 2.24) is 4.90 Å². The molecular formula is C12H13F2NO5S. The molecule has 9 heteroatoms. The van der Waals surface area contributed by atoms with Gasteiger partial charge in [0.15, 0.2) is 15.7 Å². The van der Waals surface area contributed by atoms with E-state index in [9.17, 15) is 26.8 Å². The van der Waals surface area contributed by atoms with Gasteiger partial charge in [-0.25, -0.2) is 22.0 Å². The molecule has 0 radical (unpaired) electrons. The number of carbonyl (C=O) groups excluding carboxylic acids is 1. The second-order valence-electron chi connectivity index (χ2n) is 4.40. The molecule has 0 aliphatic rings. The molecule has 0 unspecified atom stereocenters. The van der Waals surface area contributed by atoms with E-state index in [0.29, 0.717) is 12.1 Å². The summed E-state index contributed by atoms with van der Waals surface area (Å²) in [6, 6.07) is 1.21. The molecule has 1 amide bonds. The van der Waals surface area contributed by atoms with Crippen molar-refractivity contribution in [2.75, 3.05) is 19.8 Å². The largest absolute Gasteiger partial charge is 0.477 e. The first-order chi connectivity index (χ1) is 9.58. The van der Waals surface area contributed by atoms with E-state index in [0.717, 1.165) is 0 Å². The number of benzene rings is 1. The Balaban J connectivity index is 3.18. The van der Waals surface area contributed by atoms with Gasteiger partial charge in [0.2, 0.25) is 5.91 Å². The van der Waals surface area contributed by atoms with E-state index in [1.54, 1.807) is 0 Å². The topological polar surface area (TPSA) is 91.8 Å². The number of aromatic carboxylic acids is 1. The SMILES string of the molecule is CN(C)C(=O)CCS(=O)(=O)c1ccc(F)c(C(=O)O)c1F. The Bertz CT molecular complexity index is 685. The Morgan fingerprint density at radius 2 is 1.81 bits per heavy atom. The van der Waals surface area contributed by atoms with Gasteiger partial charge in [-0.15, -0.1) is 0 Å². The molecular weight excluding hydrogens is 308 g/mol. The Kier molecular flexibility index (Phi) is 5.00. The standard InChI is InChI=1S/C12H13F2NO5S/c1-15(2)9(16)5-6-21(19,20)8-4-3-7(13)10(11(8)14)12(17)18/h3-4H,5-6H2,1-2H3,(H,17,18). The fourth-order valence-corrected chi connectivity index (χ4v) is 2.84. The minimum Gasteiger partial charge on any atom is -0.477 e. The average Bonchev–Trinajstić information content (AvgIpc) is 2.35. The number of halogens is 2. The van der Waals surface area contributed by atoms with E-state index in [4.69, 9.17) is 5.11 Å². The van der Waals surface area contributed by atoms with Gasteiger partial charge in [-0.2, -0.15) is 0 Å². The number of sulfone groups is 1. The van der Waals surface area contributed by atoms with Crippen molar-refractivity contribution < 1.29 is 31.9 Å². The van der Waals surface area contributed by atoms with Crippen LogP contribution < -0.4 is 0 Å². The molecule has 0 bridgehead atoms. The number of rotatable bonds is 5. The molecule has 1 N–H and O–H groups in total. The second-order valence-corrected chi connectivity index (χ2v) is 6.47. The first kappa shape index (κ1) is 17.0. The van der Waals surface area contributed by atoms with E-state index in [1.807, 2.05) is 0 Å². The Labute approximate surface area is 119 Å². The maximum Gasteiger partial charge on any atom is 0.341 e. The van der Waals surface area contributed by atoms with Crippen LogP contribution in [-0.4, -0.2) is 50.1 Å². The zero-order chi connectivity index (χ0) is 16.4. The lowest BCUT2D eigenvalue weighted by atomic mass is 10.2. The first-order valence-electron chi connectivity index (χ1n) is 5.72. The van der Waals surface area contributed by atoms with Crippen molar-refractivity contribution in [3.8, 4) is 0 Å². The second kappa shape index (κ2) is 6.17. The molecule has 0 aliphatic heterocycles. The summed E-state index contributed by atoms with van der Waals surface area (Å²) in [7, 11) is -1.39.